The second-order valence-electron chi connectivity index (χ2n) is 7.70. The summed E-state index contributed by atoms with van der Waals surface area (Å²) >= 11 is 1.59. The van der Waals surface area contributed by atoms with Gasteiger partial charge in [0.15, 0.2) is 5.13 Å². The number of aromatic nitrogens is 1. The van der Waals surface area contributed by atoms with Gasteiger partial charge in [0, 0.05) is 29.9 Å². The summed E-state index contributed by atoms with van der Waals surface area (Å²) in [6.07, 6.45) is 5.01. The molecular weight excluding hydrogens is 365 g/mol. The number of thiazole rings is 1. The minimum Gasteiger partial charge on any atom is -0.443 e. The molecule has 1 aromatic carbocycles. The van der Waals surface area contributed by atoms with Crippen LogP contribution in [0.15, 0.2) is 30.5 Å². The van der Waals surface area contributed by atoms with Gasteiger partial charge in [0.05, 0.1) is 6.54 Å². The predicted molar refractivity (Wildman–Crippen MR) is 107 cm³/mol. The minimum absolute atomic E-state index is 0.339. The van der Waals surface area contributed by atoms with Gasteiger partial charge in [-0.3, -0.25) is 4.90 Å². The molecule has 3 rings (SSSR count). The number of amides is 1. The summed E-state index contributed by atoms with van der Waals surface area (Å²) in [4.78, 5) is 22.1. The molecule has 0 N–H and O–H groups in total. The van der Waals surface area contributed by atoms with Crippen molar-refractivity contribution in [3.8, 4) is 0 Å². The van der Waals surface area contributed by atoms with Crippen LogP contribution >= 0.6 is 11.3 Å². The first-order valence-corrected chi connectivity index (χ1v) is 10.1. The first-order chi connectivity index (χ1) is 12.8. The van der Waals surface area contributed by atoms with E-state index >= 15 is 0 Å². The fraction of sp³-hybridized carbons (Fsp3) is 0.500. The van der Waals surface area contributed by atoms with Crippen LogP contribution in [0.2, 0.25) is 0 Å². The van der Waals surface area contributed by atoms with E-state index in [1.165, 1.54) is 36.3 Å². The third-order valence-corrected chi connectivity index (χ3v) is 5.28. The van der Waals surface area contributed by atoms with E-state index in [1.54, 1.807) is 23.5 Å². The quantitative estimate of drug-likeness (QED) is 0.717. The Morgan fingerprint density at radius 2 is 1.89 bits per heavy atom. The van der Waals surface area contributed by atoms with Crippen molar-refractivity contribution in [2.45, 2.75) is 52.2 Å². The molecule has 7 heteroatoms. The lowest BCUT2D eigenvalue weighted by atomic mass is 10.1. The van der Waals surface area contributed by atoms with E-state index in [0.717, 1.165) is 23.1 Å². The molecule has 5 nitrogen and oxygen atoms in total. The lowest BCUT2D eigenvalue weighted by molar-refractivity contribution is 0.0578. The molecule has 0 unspecified atom stereocenters. The number of nitrogens with zero attached hydrogens (tertiary/aromatic N) is 3. The number of anilines is 2. The van der Waals surface area contributed by atoms with Crippen molar-refractivity contribution >= 4 is 28.2 Å². The highest BCUT2D eigenvalue weighted by Gasteiger charge is 2.25. The van der Waals surface area contributed by atoms with E-state index in [2.05, 4.69) is 9.88 Å². The third kappa shape index (κ3) is 5.42. The van der Waals surface area contributed by atoms with Crippen molar-refractivity contribution in [3.63, 3.8) is 0 Å². The molecule has 0 spiro atoms. The smallest absolute Gasteiger partial charge is 0.415 e. The molecule has 1 aliphatic rings. The Morgan fingerprint density at radius 1 is 1.22 bits per heavy atom. The van der Waals surface area contributed by atoms with E-state index in [-0.39, 0.29) is 5.82 Å². The summed E-state index contributed by atoms with van der Waals surface area (Å²) in [5.74, 6) is -0.340. The van der Waals surface area contributed by atoms with E-state index in [4.69, 9.17) is 4.74 Å². The highest BCUT2D eigenvalue weighted by Crippen LogP contribution is 2.28. The number of halogens is 1. The molecule has 1 saturated heterocycles. The van der Waals surface area contributed by atoms with Gasteiger partial charge in [0.25, 0.3) is 0 Å². The molecule has 1 fully saturated rings. The Balaban J connectivity index is 1.79. The summed E-state index contributed by atoms with van der Waals surface area (Å²) < 4.78 is 18.9. The Morgan fingerprint density at radius 3 is 2.52 bits per heavy atom. The fourth-order valence-corrected chi connectivity index (χ4v) is 3.91. The minimum atomic E-state index is -0.609. The Hall–Kier alpha value is -2.15. The van der Waals surface area contributed by atoms with Crippen LogP contribution in [0.5, 0.6) is 0 Å². The van der Waals surface area contributed by atoms with Crippen LogP contribution in [0, 0.1) is 5.82 Å². The van der Waals surface area contributed by atoms with E-state index in [0.29, 0.717) is 12.2 Å². The largest absolute Gasteiger partial charge is 0.443 e. The zero-order valence-corrected chi connectivity index (χ0v) is 16.9. The number of carbonyl (C=O) groups excluding carboxylic acids is 1. The molecule has 0 saturated carbocycles. The lowest BCUT2D eigenvalue weighted by Crippen LogP contribution is -2.36. The molecule has 2 aromatic rings. The van der Waals surface area contributed by atoms with Gasteiger partial charge in [-0.05, 0) is 64.3 Å². The molecule has 146 valence electrons. The van der Waals surface area contributed by atoms with Gasteiger partial charge in [0.1, 0.15) is 11.4 Å². The van der Waals surface area contributed by atoms with Crippen molar-refractivity contribution < 1.29 is 13.9 Å². The Bertz CT molecular complexity index is 764. The van der Waals surface area contributed by atoms with Gasteiger partial charge in [-0.1, -0.05) is 0 Å². The molecular formula is C20H26FN3O2S. The second kappa shape index (κ2) is 8.25. The highest BCUT2D eigenvalue weighted by atomic mass is 32.1. The van der Waals surface area contributed by atoms with Gasteiger partial charge >= 0.3 is 6.09 Å². The summed E-state index contributed by atoms with van der Waals surface area (Å²) in [6, 6.07) is 5.87. The van der Waals surface area contributed by atoms with E-state index in [9.17, 15) is 9.18 Å². The molecule has 0 bridgehead atoms. The normalized spacial score (nSPS) is 14.9. The molecule has 1 aliphatic heterocycles. The molecule has 1 aromatic heterocycles. The first-order valence-electron chi connectivity index (χ1n) is 9.27. The van der Waals surface area contributed by atoms with Crippen LogP contribution in [0.3, 0.4) is 0 Å². The van der Waals surface area contributed by atoms with Crippen LogP contribution in [0.4, 0.5) is 20.0 Å². The van der Waals surface area contributed by atoms with Crippen LogP contribution in [-0.2, 0) is 11.3 Å². The van der Waals surface area contributed by atoms with Crippen LogP contribution in [0.25, 0.3) is 0 Å². The average Bonchev–Trinajstić information content (AvgIpc) is 3.09. The zero-order chi connectivity index (χ0) is 19.4. The second-order valence-corrected chi connectivity index (χ2v) is 8.79. The van der Waals surface area contributed by atoms with Crippen molar-refractivity contribution in [2.75, 3.05) is 22.9 Å². The average molecular weight is 392 g/mol. The predicted octanol–water partition coefficient (Wildman–Crippen LogP) is 5.21. The summed E-state index contributed by atoms with van der Waals surface area (Å²) in [5, 5.41) is 0.993. The highest BCUT2D eigenvalue weighted by molar-refractivity contribution is 7.15. The fourth-order valence-electron chi connectivity index (χ4n) is 2.96. The topological polar surface area (TPSA) is 45.7 Å². The Labute approximate surface area is 163 Å². The first kappa shape index (κ1) is 19.6. The molecule has 1 amide bonds. The standard InChI is InChI=1S/C20H26FN3O2S/c1-20(2,3)26-19(25)24(16-9-7-15(21)8-10-16)14-17-13-22-18(27-17)23-11-5-4-6-12-23/h7-10,13H,4-6,11-12,14H2,1-3H3. The van der Waals surface area contributed by atoms with E-state index in [1.807, 2.05) is 27.0 Å². The lowest BCUT2D eigenvalue weighted by Gasteiger charge is -2.27. The van der Waals surface area contributed by atoms with Gasteiger partial charge in [0.2, 0.25) is 0 Å². The molecule has 0 atom stereocenters. The number of piperidine rings is 1. The zero-order valence-electron chi connectivity index (χ0n) is 16.1. The maximum absolute atomic E-state index is 13.3. The number of ether oxygens (including phenoxy) is 1. The number of rotatable bonds is 4. The van der Waals surface area contributed by atoms with Crippen LogP contribution < -0.4 is 9.80 Å². The molecule has 0 aliphatic carbocycles. The molecule has 0 radical (unpaired) electrons. The van der Waals surface area contributed by atoms with Crippen molar-refractivity contribution in [2.24, 2.45) is 0 Å². The van der Waals surface area contributed by atoms with E-state index < -0.39 is 11.7 Å². The van der Waals surface area contributed by atoms with Gasteiger partial charge in [-0.2, -0.15) is 0 Å². The SMILES string of the molecule is CC(C)(C)OC(=O)N(Cc1cnc(N2CCCCC2)s1)c1ccc(F)cc1. The van der Waals surface area contributed by atoms with Crippen LogP contribution in [-0.4, -0.2) is 29.8 Å². The molecule has 2 heterocycles. The number of carbonyl (C=O) groups is 1. The third-order valence-electron chi connectivity index (χ3n) is 4.23. The van der Waals surface area contributed by atoms with Gasteiger partial charge < -0.3 is 9.64 Å². The molecule has 27 heavy (non-hydrogen) atoms. The number of benzene rings is 1. The Kier molecular flexibility index (Phi) is 5.99. The monoisotopic (exact) mass is 391 g/mol. The number of hydrogen-bond donors (Lipinski definition) is 0. The summed E-state index contributed by atoms with van der Waals surface area (Å²) in [6.45, 7) is 7.88. The van der Waals surface area contributed by atoms with Crippen molar-refractivity contribution in [3.05, 3.63) is 41.2 Å². The maximum Gasteiger partial charge on any atom is 0.415 e. The van der Waals surface area contributed by atoms with Crippen molar-refractivity contribution in [1.29, 1.82) is 0 Å². The summed E-state index contributed by atoms with van der Waals surface area (Å²) in [7, 11) is 0. The van der Waals surface area contributed by atoms with Crippen LogP contribution in [0.1, 0.15) is 44.9 Å². The number of hydrogen-bond acceptors (Lipinski definition) is 5. The van der Waals surface area contributed by atoms with Crippen molar-refractivity contribution in [1.82, 2.24) is 4.98 Å². The maximum atomic E-state index is 13.3. The van der Waals surface area contributed by atoms with Gasteiger partial charge in [-0.15, -0.1) is 11.3 Å². The summed E-state index contributed by atoms with van der Waals surface area (Å²) in [5.41, 5.74) is -0.0132. The van der Waals surface area contributed by atoms with Gasteiger partial charge in [-0.25, -0.2) is 14.2 Å².